The number of benzene rings is 2. The van der Waals surface area contributed by atoms with Crippen LogP contribution in [0.15, 0.2) is 30.3 Å². The van der Waals surface area contributed by atoms with Crippen LogP contribution in [0.5, 0.6) is 11.5 Å². The van der Waals surface area contributed by atoms with Gasteiger partial charge in [0.05, 0.1) is 24.8 Å². The molecule has 1 aliphatic heterocycles. The maximum atomic E-state index is 13.2. The molecule has 6 heteroatoms. The third-order valence-electron chi connectivity index (χ3n) is 4.17. The molecule has 0 aromatic heterocycles. The minimum Gasteiger partial charge on any atom is -0.493 e. The van der Waals surface area contributed by atoms with Crippen molar-refractivity contribution in [1.82, 2.24) is 4.90 Å². The first kappa shape index (κ1) is 16.6. The Balaban J connectivity index is 1.88. The standard InChI is InChI=1S/C18H17ClFNO3/c1-23-16-7-11-5-6-21(10-12(11)8-17(16)24-2)18(22)14-4-3-13(20)9-15(14)19/h3-4,7-9H,5-6,10H2,1-2H3. The molecular formula is C18H17ClFNO3. The number of carbonyl (C=O) groups is 1. The summed E-state index contributed by atoms with van der Waals surface area (Å²) in [6.45, 7) is 1.01. The highest BCUT2D eigenvalue weighted by Crippen LogP contribution is 2.33. The second-order valence-corrected chi connectivity index (χ2v) is 5.98. The molecule has 126 valence electrons. The predicted molar refractivity (Wildman–Crippen MR) is 89.4 cm³/mol. The molecule has 0 radical (unpaired) electrons. The monoisotopic (exact) mass is 349 g/mol. The van der Waals surface area contributed by atoms with Gasteiger partial charge >= 0.3 is 0 Å². The predicted octanol–water partition coefficient (Wildman–Crippen LogP) is 3.69. The molecular weight excluding hydrogens is 333 g/mol. The summed E-state index contributed by atoms with van der Waals surface area (Å²) in [5, 5.41) is 0.123. The number of ether oxygens (including phenoxy) is 2. The van der Waals surface area contributed by atoms with Crippen molar-refractivity contribution < 1.29 is 18.7 Å². The van der Waals surface area contributed by atoms with E-state index in [2.05, 4.69) is 0 Å². The fourth-order valence-electron chi connectivity index (χ4n) is 2.89. The zero-order valence-corrected chi connectivity index (χ0v) is 14.2. The van der Waals surface area contributed by atoms with Gasteiger partial charge in [0.2, 0.25) is 0 Å². The number of carbonyl (C=O) groups excluding carboxylic acids is 1. The van der Waals surface area contributed by atoms with Gasteiger partial charge in [0.15, 0.2) is 11.5 Å². The summed E-state index contributed by atoms with van der Waals surface area (Å²) in [6.07, 6.45) is 0.709. The third-order valence-corrected chi connectivity index (χ3v) is 4.48. The number of hydrogen-bond acceptors (Lipinski definition) is 3. The molecule has 2 aromatic rings. The fourth-order valence-corrected chi connectivity index (χ4v) is 3.14. The molecule has 0 atom stereocenters. The van der Waals surface area contributed by atoms with E-state index in [0.29, 0.717) is 36.6 Å². The van der Waals surface area contributed by atoms with Crippen molar-refractivity contribution in [3.63, 3.8) is 0 Å². The molecule has 0 saturated carbocycles. The molecule has 2 aromatic carbocycles. The van der Waals surface area contributed by atoms with Crippen molar-refractivity contribution in [2.75, 3.05) is 20.8 Å². The maximum absolute atomic E-state index is 13.2. The van der Waals surface area contributed by atoms with E-state index in [1.165, 1.54) is 12.1 Å². The first-order valence-electron chi connectivity index (χ1n) is 7.51. The summed E-state index contributed by atoms with van der Waals surface area (Å²) >= 11 is 6.01. The molecule has 1 aliphatic rings. The number of amides is 1. The van der Waals surface area contributed by atoms with E-state index in [1.54, 1.807) is 19.1 Å². The summed E-state index contributed by atoms with van der Waals surface area (Å²) < 4.78 is 23.8. The van der Waals surface area contributed by atoms with Gasteiger partial charge in [-0.05, 0) is 47.9 Å². The van der Waals surface area contributed by atoms with Gasteiger partial charge in [0.1, 0.15) is 5.82 Å². The Morgan fingerprint density at radius 2 is 1.79 bits per heavy atom. The average molecular weight is 350 g/mol. The largest absolute Gasteiger partial charge is 0.493 e. The van der Waals surface area contributed by atoms with Crippen molar-refractivity contribution in [3.05, 3.63) is 57.9 Å². The Bertz CT molecular complexity index is 794. The van der Waals surface area contributed by atoms with Crippen molar-refractivity contribution in [2.45, 2.75) is 13.0 Å². The van der Waals surface area contributed by atoms with Gasteiger partial charge in [-0.15, -0.1) is 0 Å². The van der Waals surface area contributed by atoms with E-state index in [-0.39, 0.29) is 10.9 Å². The quantitative estimate of drug-likeness (QED) is 0.848. The SMILES string of the molecule is COc1cc2c(cc1OC)CN(C(=O)c1ccc(F)cc1Cl)CC2. The van der Waals surface area contributed by atoms with Crippen molar-refractivity contribution in [3.8, 4) is 11.5 Å². The van der Waals surface area contributed by atoms with E-state index in [0.717, 1.165) is 17.2 Å². The van der Waals surface area contributed by atoms with Crippen LogP contribution in [0.3, 0.4) is 0 Å². The number of nitrogens with zero attached hydrogens (tertiary/aromatic N) is 1. The molecule has 0 fully saturated rings. The third kappa shape index (κ3) is 3.04. The van der Waals surface area contributed by atoms with Gasteiger partial charge in [-0.3, -0.25) is 4.79 Å². The van der Waals surface area contributed by atoms with Crippen LogP contribution in [-0.2, 0) is 13.0 Å². The van der Waals surface area contributed by atoms with Crippen molar-refractivity contribution >= 4 is 17.5 Å². The highest BCUT2D eigenvalue weighted by atomic mass is 35.5. The Kier molecular flexibility index (Phi) is 4.62. The lowest BCUT2D eigenvalue weighted by atomic mass is 9.98. The second-order valence-electron chi connectivity index (χ2n) is 5.58. The first-order chi connectivity index (χ1) is 11.5. The van der Waals surface area contributed by atoms with Gasteiger partial charge in [-0.25, -0.2) is 4.39 Å². The van der Waals surface area contributed by atoms with E-state index in [1.807, 2.05) is 12.1 Å². The van der Waals surface area contributed by atoms with Gasteiger partial charge in [0, 0.05) is 13.1 Å². The van der Waals surface area contributed by atoms with Crippen LogP contribution in [0.1, 0.15) is 21.5 Å². The molecule has 0 spiro atoms. The molecule has 3 rings (SSSR count). The van der Waals surface area contributed by atoms with E-state index in [4.69, 9.17) is 21.1 Å². The molecule has 0 unspecified atom stereocenters. The highest BCUT2D eigenvalue weighted by Gasteiger charge is 2.25. The zero-order valence-electron chi connectivity index (χ0n) is 13.4. The zero-order chi connectivity index (χ0) is 17.3. The minimum atomic E-state index is -0.461. The van der Waals surface area contributed by atoms with Gasteiger partial charge in [0.25, 0.3) is 5.91 Å². The smallest absolute Gasteiger partial charge is 0.255 e. The Hall–Kier alpha value is -2.27. The van der Waals surface area contributed by atoms with Crippen molar-refractivity contribution in [1.29, 1.82) is 0 Å². The number of fused-ring (bicyclic) bond motifs is 1. The van der Waals surface area contributed by atoms with E-state index < -0.39 is 5.82 Å². The fraction of sp³-hybridized carbons (Fsp3) is 0.278. The summed E-state index contributed by atoms with van der Waals surface area (Å²) in [7, 11) is 3.17. The summed E-state index contributed by atoms with van der Waals surface area (Å²) in [5.41, 5.74) is 2.44. The van der Waals surface area contributed by atoms with Crippen LogP contribution in [-0.4, -0.2) is 31.6 Å². The number of hydrogen-bond donors (Lipinski definition) is 0. The highest BCUT2D eigenvalue weighted by molar-refractivity contribution is 6.33. The van der Waals surface area contributed by atoms with Gasteiger partial charge in [-0.2, -0.15) is 0 Å². The molecule has 1 amide bonds. The topological polar surface area (TPSA) is 38.8 Å². The number of rotatable bonds is 3. The number of methoxy groups -OCH3 is 2. The first-order valence-corrected chi connectivity index (χ1v) is 7.89. The molecule has 4 nitrogen and oxygen atoms in total. The van der Waals surface area contributed by atoms with Gasteiger partial charge in [-0.1, -0.05) is 11.6 Å². The molecule has 0 bridgehead atoms. The van der Waals surface area contributed by atoms with Gasteiger partial charge < -0.3 is 14.4 Å². The normalized spacial score (nSPS) is 13.4. The minimum absolute atomic E-state index is 0.123. The van der Waals surface area contributed by atoms with Crippen LogP contribution in [0.25, 0.3) is 0 Å². The number of halogens is 2. The van der Waals surface area contributed by atoms with E-state index >= 15 is 0 Å². The van der Waals surface area contributed by atoms with Crippen LogP contribution < -0.4 is 9.47 Å². The van der Waals surface area contributed by atoms with Crippen LogP contribution in [0.2, 0.25) is 5.02 Å². The van der Waals surface area contributed by atoms with Crippen LogP contribution >= 0.6 is 11.6 Å². The lowest BCUT2D eigenvalue weighted by Crippen LogP contribution is -2.36. The van der Waals surface area contributed by atoms with E-state index in [9.17, 15) is 9.18 Å². The Morgan fingerprint density at radius 1 is 1.12 bits per heavy atom. The summed E-state index contributed by atoms with van der Waals surface area (Å²) in [6, 6.07) is 7.65. The van der Waals surface area contributed by atoms with Crippen LogP contribution in [0, 0.1) is 5.82 Å². The molecule has 0 N–H and O–H groups in total. The summed E-state index contributed by atoms with van der Waals surface area (Å²) in [4.78, 5) is 14.4. The average Bonchev–Trinajstić information content (AvgIpc) is 2.59. The van der Waals surface area contributed by atoms with Crippen molar-refractivity contribution in [2.24, 2.45) is 0 Å². The second kappa shape index (κ2) is 6.69. The summed E-state index contributed by atoms with van der Waals surface area (Å²) in [5.74, 6) is 0.640. The Morgan fingerprint density at radius 3 is 2.42 bits per heavy atom. The van der Waals surface area contributed by atoms with Crippen LogP contribution in [0.4, 0.5) is 4.39 Å². The molecule has 1 heterocycles. The Labute approximate surface area is 144 Å². The lowest BCUT2D eigenvalue weighted by Gasteiger charge is -2.30. The lowest BCUT2D eigenvalue weighted by molar-refractivity contribution is 0.0734. The maximum Gasteiger partial charge on any atom is 0.255 e. The molecule has 0 saturated heterocycles. The molecule has 0 aliphatic carbocycles. The molecule has 24 heavy (non-hydrogen) atoms.